The van der Waals surface area contributed by atoms with E-state index < -0.39 is 18.0 Å². The summed E-state index contributed by atoms with van der Waals surface area (Å²) in [4.78, 5) is 12.4. The van der Waals surface area contributed by atoms with E-state index in [9.17, 15) is 13.6 Å². The molecule has 0 aliphatic heterocycles. The average molecular weight is 361 g/mol. The average Bonchev–Trinajstić information content (AvgIpc) is 3.00. The monoisotopic (exact) mass is 361 g/mol. The highest BCUT2D eigenvalue weighted by Gasteiger charge is 2.25. The van der Waals surface area contributed by atoms with E-state index in [0.29, 0.717) is 5.69 Å². The number of halogens is 2. The summed E-state index contributed by atoms with van der Waals surface area (Å²) >= 11 is 0. The van der Waals surface area contributed by atoms with Crippen LogP contribution in [0.4, 0.5) is 14.5 Å². The van der Waals surface area contributed by atoms with Gasteiger partial charge in [-0.3, -0.25) is 9.48 Å². The molecule has 2 rings (SSSR count). The maximum Gasteiger partial charge on any atom is 0.282 e. The number of anilines is 1. The Morgan fingerprint density at radius 2 is 1.96 bits per heavy atom. The van der Waals surface area contributed by atoms with Gasteiger partial charge in [-0.25, -0.2) is 8.78 Å². The first kappa shape index (κ1) is 21.4. The lowest BCUT2D eigenvalue weighted by Crippen LogP contribution is -2.19. The Morgan fingerprint density at radius 1 is 1.35 bits per heavy atom. The van der Waals surface area contributed by atoms with Crippen LogP contribution in [-0.2, 0) is 12.5 Å². The molecule has 0 unspecified atom stereocenters. The van der Waals surface area contributed by atoms with Crippen LogP contribution >= 0.6 is 0 Å². The molecule has 1 heterocycles. The van der Waals surface area contributed by atoms with Crippen molar-refractivity contribution >= 4 is 11.6 Å². The second kappa shape index (κ2) is 8.61. The first-order chi connectivity index (χ1) is 12.2. The van der Waals surface area contributed by atoms with Crippen molar-refractivity contribution in [2.24, 2.45) is 7.05 Å². The van der Waals surface area contributed by atoms with Crippen LogP contribution in [0.15, 0.2) is 24.4 Å². The molecule has 26 heavy (non-hydrogen) atoms. The van der Waals surface area contributed by atoms with Crippen molar-refractivity contribution in [2.45, 2.75) is 46.0 Å². The third-order valence-electron chi connectivity index (χ3n) is 4.50. The molecule has 0 atom stereocenters. The molecule has 140 valence electrons. The molecule has 1 N–H and O–H groups in total. The number of nitrogens with zero attached hydrogens (tertiary/aromatic N) is 2. The lowest BCUT2D eigenvalue weighted by atomic mass is 9.79. The Bertz CT molecular complexity index is 792. The van der Waals surface area contributed by atoms with Crippen LogP contribution in [0.1, 0.15) is 60.8 Å². The lowest BCUT2D eigenvalue weighted by Gasteiger charge is -2.26. The number of benzene rings is 1. The number of terminal acetylenes is 1. The van der Waals surface area contributed by atoms with Crippen molar-refractivity contribution < 1.29 is 13.6 Å². The van der Waals surface area contributed by atoms with Gasteiger partial charge in [-0.05, 0) is 36.0 Å². The summed E-state index contributed by atoms with van der Waals surface area (Å²) in [6.07, 6.45) is 7.47. The summed E-state index contributed by atoms with van der Waals surface area (Å²) in [5.74, 6) is -0.576. The molecule has 4 nitrogen and oxygen atoms in total. The summed E-state index contributed by atoms with van der Waals surface area (Å²) in [6, 6.07) is 5.68. The minimum Gasteiger partial charge on any atom is -0.322 e. The summed E-state index contributed by atoms with van der Waals surface area (Å²) in [7, 11) is 1.51. The molecule has 0 aliphatic rings. The zero-order valence-corrected chi connectivity index (χ0v) is 15.8. The van der Waals surface area contributed by atoms with Gasteiger partial charge < -0.3 is 5.32 Å². The highest BCUT2D eigenvalue weighted by molar-refractivity contribution is 6.05. The number of hydrogen-bond acceptors (Lipinski definition) is 2. The van der Waals surface area contributed by atoms with Crippen LogP contribution in [-0.4, -0.2) is 15.7 Å². The first-order valence-electron chi connectivity index (χ1n) is 8.23. The summed E-state index contributed by atoms with van der Waals surface area (Å²) in [5, 5.41) is 6.42. The highest BCUT2D eigenvalue weighted by Crippen LogP contribution is 2.33. The van der Waals surface area contributed by atoms with Gasteiger partial charge in [0.1, 0.15) is 5.69 Å². The molecule has 1 aromatic carbocycles. The predicted molar refractivity (Wildman–Crippen MR) is 101 cm³/mol. The summed E-state index contributed by atoms with van der Waals surface area (Å²) in [6.45, 7) is 8.31. The molecule has 0 fully saturated rings. The fourth-order valence-corrected chi connectivity index (χ4v) is 2.73. The molecular weight excluding hydrogens is 336 g/mol. The number of amides is 1. The van der Waals surface area contributed by atoms with Crippen molar-refractivity contribution in [3.63, 3.8) is 0 Å². The van der Waals surface area contributed by atoms with E-state index >= 15 is 0 Å². The van der Waals surface area contributed by atoms with Gasteiger partial charge in [-0.15, -0.1) is 12.8 Å². The fourth-order valence-electron chi connectivity index (χ4n) is 2.73. The van der Waals surface area contributed by atoms with Crippen molar-refractivity contribution in [3.8, 4) is 12.8 Å². The number of alkyl halides is 2. The number of carbonyl (C=O) groups excluding carboxylic acids is 1. The molecule has 0 saturated carbocycles. The molecule has 0 saturated heterocycles. The smallest absolute Gasteiger partial charge is 0.282 e. The molecule has 1 amide bonds. The van der Waals surface area contributed by atoms with Gasteiger partial charge in [0.05, 0.1) is 5.56 Å². The Morgan fingerprint density at radius 3 is 2.50 bits per heavy atom. The second-order valence-corrected chi connectivity index (χ2v) is 6.57. The van der Waals surface area contributed by atoms with Crippen LogP contribution < -0.4 is 5.32 Å². The Balaban J connectivity index is 0.00000163. The van der Waals surface area contributed by atoms with E-state index in [2.05, 4.69) is 44.0 Å². The zero-order chi connectivity index (χ0) is 20.1. The van der Waals surface area contributed by atoms with E-state index in [0.717, 1.165) is 17.5 Å². The van der Waals surface area contributed by atoms with E-state index in [1.165, 1.54) is 17.9 Å². The van der Waals surface area contributed by atoms with Gasteiger partial charge in [-0.1, -0.05) is 32.9 Å². The lowest BCUT2D eigenvalue weighted by molar-refractivity contribution is 0.101. The van der Waals surface area contributed by atoms with Crippen molar-refractivity contribution in [1.82, 2.24) is 9.78 Å². The molecule has 6 heteroatoms. The zero-order valence-electron chi connectivity index (χ0n) is 15.8. The first-order valence-corrected chi connectivity index (χ1v) is 8.23. The molecular formula is C20H25F2N3O. The standard InChI is InChI=1S/C18H23F2N3O.C2H2/c1-6-18(3,4)13-8-7-9-14(11(13)2)21-17(24)12-10-23(5)22-15(12)16(19)20;1-2/h7-10,16H,6H2,1-5H3,(H,21,24);1-2H. The van der Waals surface area contributed by atoms with Gasteiger partial charge >= 0.3 is 0 Å². The van der Waals surface area contributed by atoms with Gasteiger partial charge in [0.2, 0.25) is 0 Å². The van der Waals surface area contributed by atoms with Gasteiger partial charge in [0.25, 0.3) is 12.3 Å². The number of aryl methyl sites for hydroxylation is 1. The van der Waals surface area contributed by atoms with Crippen molar-refractivity contribution in [3.05, 3.63) is 46.8 Å². The largest absolute Gasteiger partial charge is 0.322 e. The van der Waals surface area contributed by atoms with Crippen LogP contribution in [0.3, 0.4) is 0 Å². The minimum atomic E-state index is -2.79. The highest BCUT2D eigenvalue weighted by atomic mass is 19.3. The number of hydrogen-bond donors (Lipinski definition) is 1. The fraction of sp³-hybridized carbons (Fsp3) is 0.400. The number of aromatic nitrogens is 2. The van der Waals surface area contributed by atoms with Crippen molar-refractivity contribution in [1.29, 1.82) is 0 Å². The van der Waals surface area contributed by atoms with Gasteiger partial charge in [0, 0.05) is 18.9 Å². The summed E-state index contributed by atoms with van der Waals surface area (Å²) < 4.78 is 27.3. The van der Waals surface area contributed by atoms with Crippen LogP contribution in [0.2, 0.25) is 0 Å². The minimum absolute atomic E-state index is 0.0345. The molecule has 0 bridgehead atoms. The van der Waals surface area contributed by atoms with E-state index in [4.69, 9.17) is 0 Å². The summed E-state index contributed by atoms with van der Waals surface area (Å²) in [5.41, 5.74) is 2.06. The Kier molecular flexibility index (Phi) is 7.08. The maximum atomic E-state index is 13.0. The van der Waals surface area contributed by atoms with E-state index in [1.807, 2.05) is 19.1 Å². The van der Waals surface area contributed by atoms with Gasteiger partial charge in [0.15, 0.2) is 0 Å². The molecule has 0 spiro atoms. The quantitative estimate of drug-likeness (QED) is 0.774. The van der Waals surface area contributed by atoms with E-state index in [1.54, 1.807) is 6.07 Å². The number of nitrogens with one attached hydrogen (secondary N) is 1. The predicted octanol–water partition coefficient (Wildman–Crippen LogP) is 4.86. The normalized spacial score (nSPS) is 11.0. The van der Waals surface area contributed by atoms with E-state index in [-0.39, 0.29) is 11.0 Å². The molecule has 1 aromatic heterocycles. The van der Waals surface area contributed by atoms with Gasteiger partial charge in [-0.2, -0.15) is 5.10 Å². The van der Waals surface area contributed by atoms with Crippen LogP contribution in [0.5, 0.6) is 0 Å². The molecule has 2 aromatic rings. The van der Waals surface area contributed by atoms with Crippen LogP contribution in [0, 0.1) is 19.8 Å². The molecule has 0 radical (unpaired) electrons. The molecule has 0 aliphatic carbocycles. The third-order valence-corrected chi connectivity index (χ3v) is 4.50. The maximum absolute atomic E-state index is 13.0. The number of carbonyl (C=O) groups is 1. The topological polar surface area (TPSA) is 46.9 Å². The Labute approximate surface area is 153 Å². The number of rotatable bonds is 5. The van der Waals surface area contributed by atoms with Crippen LogP contribution in [0.25, 0.3) is 0 Å². The Hall–Kier alpha value is -2.68. The second-order valence-electron chi connectivity index (χ2n) is 6.57. The SMILES string of the molecule is C#C.CCC(C)(C)c1cccc(NC(=O)c2cn(C)nc2C(F)F)c1C. The third kappa shape index (κ3) is 4.48. The van der Waals surface area contributed by atoms with Crippen molar-refractivity contribution in [2.75, 3.05) is 5.32 Å².